The van der Waals surface area contributed by atoms with Crippen molar-refractivity contribution in [2.24, 2.45) is 0 Å². The van der Waals surface area contributed by atoms with Gasteiger partial charge in [-0.05, 0) is 23.8 Å². The van der Waals surface area contributed by atoms with Crippen LogP contribution in [0.1, 0.15) is 23.6 Å². The van der Waals surface area contributed by atoms with Gasteiger partial charge in [0.05, 0.1) is 44.2 Å². The predicted octanol–water partition coefficient (Wildman–Crippen LogP) is 2.89. The number of esters is 1. The molecule has 0 saturated heterocycles. The number of nitrogens with zero attached hydrogens (tertiary/aromatic N) is 2. The molecule has 0 aliphatic heterocycles. The molecular weight excluding hydrogens is 360 g/mol. The molecule has 0 spiro atoms. The fourth-order valence-electron chi connectivity index (χ4n) is 3.27. The predicted molar refractivity (Wildman–Crippen MR) is 102 cm³/mol. The number of aromatic nitrogens is 2. The van der Waals surface area contributed by atoms with Crippen LogP contribution in [0.3, 0.4) is 0 Å². The third-order valence-electron chi connectivity index (χ3n) is 4.81. The van der Waals surface area contributed by atoms with Crippen molar-refractivity contribution in [3.05, 3.63) is 47.8 Å². The van der Waals surface area contributed by atoms with Crippen molar-refractivity contribution >= 4 is 22.7 Å². The molecule has 1 aliphatic carbocycles. The molecule has 0 amide bonds. The number of carbonyl (C=O) groups is 2. The Balaban J connectivity index is 1.64. The van der Waals surface area contributed by atoms with E-state index in [4.69, 9.17) is 9.47 Å². The van der Waals surface area contributed by atoms with Gasteiger partial charge in [-0.15, -0.1) is 0 Å². The third-order valence-corrected chi connectivity index (χ3v) is 4.81. The summed E-state index contributed by atoms with van der Waals surface area (Å²) in [6.45, 7) is 0. The van der Waals surface area contributed by atoms with Gasteiger partial charge in [0.25, 0.3) is 0 Å². The molecule has 1 unspecified atom stereocenters. The first kappa shape index (κ1) is 17.9. The van der Waals surface area contributed by atoms with Gasteiger partial charge in [0.15, 0.2) is 17.3 Å². The molecule has 1 aliphatic rings. The summed E-state index contributed by atoms with van der Waals surface area (Å²) in [4.78, 5) is 32.6. The summed E-state index contributed by atoms with van der Waals surface area (Å²) < 4.78 is 15.2. The fourth-order valence-corrected chi connectivity index (χ4v) is 3.27. The number of methoxy groups -OCH3 is 3. The van der Waals surface area contributed by atoms with E-state index in [1.807, 2.05) is 30.3 Å². The van der Waals surface area contributed by atoms with E-state index < -0.39 is 11.9 Å². The summed E-state index contributed by atoms with van der Waals surface area (Å²) >= 11 is 0. The first-order valence-electron chi connectivity index (χ1n) is 8.68. The Labute approximate surface area is 161 Å². The van der Waals surface area contributed by atoms with Crippen molar-refractivity contribution < 1.29 is 23.8 Å². The van der Waals surface area contributed by atoms with Crippen LogP contribution in [0.4, 0.5) is 0 Å². The molecule has 1 atom stereocenters. The zero-order chi connectivity index (χ0) is 19.8. The van der Waals surface area contributed by atoms with Crippen LogP contribution in [0.25, 0.3) is 22.2 Å². The van der Waals surface area contributed by atoms with E-state index in [9.17, 15) is 9.59 Å². The van der Waals surface area contributed by atoms with Gasteiger partial charge in [-0.3, -0.25) is 19.6 Å². The average molecular weight is 378 g/mol. The van der Waals surface area contributed by atoms with Gasteiger partial charge in [-0.1, -0.05) is 6.07 Å². The van der Waals surface area contributed by atoms with Crippen LogP contribution in [0, 0.1) is 0 Å². The lowest BCUT2D eigenvalue weighted by Crippen LogP contribution is -2.10. The quantitative estimate of drug-likeness (QED) is 0.481. The Kier molecular flexibility index (Phi) is 4.43. The number of carbonyl (C=O) groups excluding carboxylic acids is 2. The molecule has 7 heteroatoms. The summed E-state index contributed by atoms with van der Waals surface area (Å²) in [6, 6.07) is 9.37. The summed E-state index contributed by atoms with van der Waals surface area (Å²) in [6.07, 6.45) is 1.49. The standard InChI is InChI=1S/C21H18N2O5/c1-26-17-7-11-6-12(10-22-15(11)8-18(17)27-2)14-5-4-13-20(21(13)23-14)16(24)9-19(25)28-3/h4-8,10,20H,9H2,1-3H3. The maximum Gasteiger partial charge on any atom is 0.313 e. The lowest BCUT2D eigenvalue weighted by molar-refractivity contribution is -0.143. The van der Waals surface area contributed by atoms with Gasteiger partial charge < -0.3 is 14.2 Å². The summed E-state index contributed by atoms with van der Waals surface area (Å²) in [5, 5.41) is 0.889. The number of benzene rings is 1. The van der Waals surface area contributed by atoms with Crippen LogP contribution in [0.5, 0.6) is 11.5 Å². The molecule has 4 rings (SSSR count). The van der Waals surface area contributed by atoms with Gasteiger partial charge in [0, 0.05) is 23.2 Å². The van der Waals surface area contributed by atoms with Crippen molar-refractivity contribution in [1.29, 1.82) is 0 Å². The van der Waals surface area contributed by atoms with Crippen LogP contribution in [-0.4, -0.2) is 43.0 Å². The minimum Gasteiger partial charge on any atom is -0.493 e. The molecular formula is C21H18N2O5. The van der Waals surface area contributed by atoms with Crippen LogP contribution in [-0.2, 0) is 14.3 Å². The van der Waals surface area contributed by atoms with E-state index in [1.54, 1.807) is 20.4 Å². The van der Waals surface area contributed by atoms with E-state index in [0.717, 1.165) is 27.7 Å². The number of hydrogen-bond donors (Lipinski definition) is 0. The van der Waals surface area contributed by atoms with Crippen molar-refractivity contribution in [3.63, 3.8) is 0 Å². The minimum absolute atomic E-state index is 0.194. The first-order valence-corrected chi connectivity index (χ1v) is 8.68. The number of hydrogen-bond acceptors (Lipinski definition) is 7. The SMILES string of the molecule is COC(=O)CC(=O)C1c2ccc(-c3cnc4cc(OC)c(OC)cc4c3)nc21. The molecule has 0 radical (unpaired) electrons. The van der Waals surface area contributed by atoms with E-state index in [2.05, 4.69) is 14.7 Å². The maximum atomic E-state index is 12.2. The highest BCUT2D eigenvalue weighted by atomic mass is 16.5. The van der Waals surface area contributed by atoms with E-state index in [1.165, 1.54) is 7.11 Å². The Morgan fingerprint density at radius 2 is 1.79 bits per heavy atom. The molecule has 0 N–H and O–H groups in total. The van der Waals surface area contributed by atoms with Crippen LogP contribution in [0.15, 0.2) is 36.5 Å². The Hall–Kier alpha value is -3.48. The normalized spacial score (nSPS) is 14.3. The van der Waals surface area contributed by atoms with Gasteiger partial charge in [-0.2, -0.15) is 0 Å². The number of ketones is 1. The largest absolute Gasteiger partial charge is 0.493 e. The molecule has 7 nitrogen and oxygen atoms in total. The molecule has 0 fully saturated rings. The second-order valence-electron chi connectivity index (χ2n) is 6.45. The number of Topliss-reactive ketones (excluding diaryl/α,β-unsaturated/α-hetero) is 1. The minimum atomic E-state index is -0.536. The molecule has 3 aromatic rings. The van der Waals surface area contributed by atoms with Gasteiger partial charge in [-0.25, -0.2) is 0 Å². The molecule has 0 saturated carbocycles. The van der Waals surface area contributed by atoms with E-state index in [-0.39, 0.29) is 12.2 Å². The Bertz CT molecular complexity index is 1110. The number of fused-ring (bicyclic) bond motifs is 2. The summed E-state index contributed by atoms with van der Waals surface area (Å²) in [5.74, 6) is 0.0948. The molecule has 1 aromatic carbocycles. The zero-order valence-corrected chi connectivity index (χ0v) is 15.7. The third kappa shape index (κ3) is 3.05. The van der Waals surface area contributed by atoms with Gasteiger partial charge >= 0.3 is 5.97 Å². The maximum absolute atomic E-state index is 12.2. The average Bonchev–Trinajstić information content (AvgIpc) is 3.45. The number of ether oxygens (including phenoxy) is 3. The van der Waals surface area contributed by atoms with Crippen molar-refractivity contribution in [2.45, 2.75) is 12.3 Å². The second kappa shape index (κ2) is 6.92. The highest BCUT2D eigenvalue weighted by molar-refractivity contribution is 6.04. The summed E-state index contributed by atoms with van der Waals surface area (Å²) in [5.41, 5.74) is 3.89. The fraction of sp³-hybridized carbons (Fsp3) is 0.238. The van der Waals surface area contributed by atoms with Crippen LogP contribution in [0.2, 0.25) is 0 Å². The summed E-state index contributed by atoms with van der Waals surface area (Å²) in [7, 11) is 4.43. The zero-order valence-electron chi connectivity index (χ0n) is 15.7. The monoisotopic (exact) mass is 378 g/mol. The molecule has 0 bridgehead atoms. The van der Waals surface area contributed by atoms with Gasteiger partial charge in [0.1, 0.15) is 6.42 Å². The topological polar surface area (TPSA) is 87.6 Å². The highest BCUT2D eigenvalue weighted by Gasteiger charge is 2.41. The van der Waals surface area contributed by atoms with Crippen molar-refractivity contribution in [3.8, 4) is 22.8 Å². The Morgan fingerprint density at radius 1 is 1.04 bits per heavy atom. The molecule has 2 heterocycles. The first-order chi connectivity index (χ1) is 13.5. The van der Waals surface area contributed by atoms with Crippen LogP contribution >= 0.6 is 0 Å². The number of pyridine rings is 2. The molecule has 28 heavy (non-hydrogen) atoms. The molecule has 142 valence electrons. The second-order valence-corrected chi connectivity index (χ2v) is 6.45. The van der Waals surface area contributed by atoms with E-state index >= 15 is 0 Å². The van der Waals surface area contributed by atoms with Gasteiger partial charge in [0.2, 0.25) is 0 Å². The number of rotatable bonds is 6. The Morgan fingerprint density at radius 3 is 2.50 bits per heavy atom. The van der Waals surface area contributed by atoms with E-state index in [0.29, 0.717) is 17.2 Å². The van der Waals surface area contributed by atoms with Crippen molar-refractivity contribution in [1.82, 2.24) is 9.97 Å². The lowest BCUT2D eigenvalue weighted by Gasteiger charge is -2.09. The molecule has 2 aromatic heterocycles. The van der Waals surface area contributed by atoms with Crippen LogP contribution < -0.4 is 9.47 Å². The van der Waals surface area contributed by atoms with Crippen molar-refractivity contribution in [2.75, 3.05) is 21.3 Å². The highest BCUT2D eigenvalue weighted by Crippen LogP contribution is 2.44. The smallest absolute Gasteiger partial charge is 0.313 e. The lowest BCUT2D eigenvalue weighted by atomic mass is 10.1.